The molecule has 12 aromatic carbocycles. The van der Waals surface area contributed by atoms with Crippen LogP contribution in [0.2, 0.25) is 0 Å². The van der Waals surface area contributed by atoms with Gasteiger partial charge < -0.3 is 9.32 Å². The molecule has 0 saturated carbocycles. The summed E-state index contributed by atoms with van der Waals surface area (Å²) in [6.07, 6.45) is 0. The minimum absolute atomic E-state index is 0.624. The van der Waals surface area contributed by atoms with Gasteiger partial charge in [-0.2, -0.15) is 0 Å². The number of oxazole rings is 1. The first-order valence-electron chi connectivity index (χ1n) is 23.8. The van der Waals surface area contributed by atoms with Crippen LogP contribution in [-0.4, -0.2) is 4.98 Å². The summed E-state index contributed by atoms with van der Waals surface area (Å²) < 4.78 is 6.31. The predicted molar refractivity (Wildman–Crippen MR) is 294 cm³/mol. The third-order valence-corrected chi connectivity index (χ3v) is 13.7. The van der Waals surface area contributed by atoms with Crippen molar-refractivity contribution in [2.24, 2.45) is 0 Å². The highest BCUT2D eigenvalue weighted by Gasteiger charge is 2.20. The van der Waals surface area contributed by atoms with Crippen molar-refractivity contribution in [2.75, 3.05) is 4.90 Å². The molecule has 1 aromatic heterocycles. The first kappa shape index (κ1) is 40.9. The number of aromatic nitrogens is 1. The molecule has 0 atom stereocenters. The number of nitrogens with zero attached hydrogens (tertiary/aromatic N) is 2. The quantitative estimate of drug-likeness (QED) is 0.145. The van der Waals surface area contributed by atoms with E-state index in [4.69, 9.17) is 9.40 Å². The normalized spacial score (nSPS) is 11.4. The highest BCUT2D eigenvalue weighted by atomic mass is 16.3. The van der Waals surface area contributed by atoms with Crippen molar-refractivity contribution in [1.29, 1.82) is 0 Å². The van der Waals surface area contributed by atoms with Gasteiger partial charge in [-0.3, -0.25) is 0 Å². The summed E-state index contributed by atoms with van der Waals surface area (Å²) in [5.74, 6) is 0.624. The average molecular weight is 893 g/mol. The molecule has 0 aliphatic carbocycles. The van der Waals surface area contributed by atoms with Crippen LogP contribution in [0.4, 0.5) is 17.1 Å². The summed E-state index contributed by atoms with van der Waals surface area (Å²) in [7, 11) is 0. The summed E-state index contributed by atoms with van der Waals surface area (Å²) in [5, 5.41) is 7.03. The molecule has 0 unspecified atom stereocenters. The Balaban J connectivity index is 0.835. The Kier molecular flexibility index (Phi) is 10.2. The van der Waals surface area contributed by atoms with Gasteiger partial charge in [0.1, 0.15) is 5.52 Å². The van der Waals surface area contributed by atoms with E-state index in [-0.39, 0.29) is 0 Å². The van der Waals surface area contributed by atoms with Gasteiger partial charge in [0.25, 0.3) is 0 Å². The second-order valence-electron chi connectivity index (χ2n) is 17.9. The van der Waals surface area contributed by atoms with Crippen LogP contribution in [0, 0.1) is 0 Å². The Hall–Kier alpha value is -9.31. The van der Waals surface area contributed by atoms with Gasteiger partial charge in [-0.25, -0.2) is 4.98 Å². The van der Waals surface area contributed by atoms with Crippen LogP contribution in [-0.2, 0) is 0 Å². The number of fused-ring (bicyclic) bond motifs is 5. The Morgan fingerprint density at radius 3 is 1.50 bits per heavy atom. The van der Waals surface area contributed by atoms with E-state index in [1.807, 2.05) is 12.1 Å². The molecule has 3 nitrogen and oxygen atoms in total. The van der Waals surface area contributed by atoms with Crippen LogP contribution in [0.15, 0.2) is 271 Å². The van der Waals surface area contributed by atoms with Crippen molar-refractivity contribution >= 4 is 60.5 Å². The number of para-hydroxylation sites is 1. The molecule has 13 aromatic rings. The van der Waals surface area contributed by atoms with E-state index in [1.165, 1.54) is 49.4 Å². The number of hydrogen-bond donors (Lipinski definition) is 0. The second-order valence-corrected chi connectivity index (χ2v) is 17.9. The maximum absolute atomic E-state index is 6.31. The average Bonchev–Trinajstić information content (AvgIpc) is 3.89. The molecule has 0 spiro atoms. The fraction of sp³-hybridized carbons (Fsp3) is 0. The van der Waals surface area contributed by atoms with Gasteiger partial charge in [-0.15, -0.1) is 0 Å². The minimum atomic E-state index is 0.624. The fourth-order valence-corrected chi connectivity index (χ4v) is 10.1. The topological polar surface area (TPSA) is 29.3 Å². The Morgan fingerprint density at radius 2 is 0.771 bits per heavy atom. The van der Waals surface area contributed by atoms with Crippen LogP contribution in [0.25, 0.3) is 111 Å². The highest BCUT2D eigenvalue weighted by molar-refractivity contribution is 6.06. The first-order chi connectivity index (χ1) is 34.7. The smallest absolute Gasteiger partial charge is 0.227 e. The SMILES string of the molecule is c1ccc(-c2ccc(-c3nc4c(ccc5cc(-c6ccc(-c7ccc8cccc(N(c9ccc(-c%10ccc%11ccccc%11c%10)cc9)c9ccccc9-c9ccccc9)c8c7)cc6)ccc54)o3)cc2)cc1. The molecule has 0 radical (unpaired) electrons. The van der Waals surface area contributed by atoms with Crippen molar-refractivity contribution < 1.29 is 4.42 Å². The van der Waals surface area contributed by atoms with E-state index in [2.05, 4.69) is 260 Å². The number of rotatable bonds is 9. The van der Waals surface area contributed by atoms with Gasteiger partial charge in [-0.05, 0) is 132 Å². The van der Waals surface area contributed by atoms with Crippen LogP contribution in [0.1, 0.15) is 0 Å². The monoisotopic (exact) mass is 892 g/mol. The zero-order valence-electron chi connectivity index (χ0n) is 38.2. The highest BCUT2D eigenvalue weighted by Crippen LogP contribution is 2.45. The molecule has 3 heteroatoms. The van der Waals surface area contributed by atoms with Gasteiger partial charge in [0.05, 0.1) is 11.4 Å². The lowest BCUT2D eigenvalue weighted by molar-refractivity contribution is 0.620. The molecular weight excluding hydrogens is 849 g/mol. The lowest BCUT2D eigenvalue weighted by atomic mass is 9.96. The summed E-state index contributed by atoms with van der Waals surface area (Å²) in [6, 6.07) is 95.8. The van der Waals surface area contributed by atoms with Crippen LogP contribution in [0.3, 0.4) is 0 Å². The van der Waals surface area contributed by atoms with Crippen molar-refractivity contribution in [3.8, 4) is 67.1 Å². The van der Waals surface area contributed by atoms with Gasteiger partial charge in [0.15, 0.2) is 5.58 Å². The van der Waals surface area contributed by atoms with Crippen LogP contribution in [0.5, 0.6) is 0 Å². The van der Waals surface area contributed by atoms with E-state index in [0.29, 0.717) is 5.89 Å². The predicted octanol–water partition coefficient (Wildman–Crippen LogP) is 18.8. The van der Waals surface area contributed by atoms with Crippen molar-refractivity contribution in [3.05, 3.63) is 267 Å². The lowest BCUT2D eigenvalue weighted by Gasteiger charge is -2.29. The zero-order chi connectivity index (χ0) is 46.4. The molecule has 0 bridgehead atoms. The van der Waals surface area contributed by atoms with Crippen LogP contribution < -0.4 is 4.90 Å². The van der Waals surface area contributed by atoms with Gasteiger partial charge in [0, 0.05) is 27.6 Å². The van der Waals surface area contributed by atoms with Crippen molar-refractivity contribution in [3.63, 3.8) is 0 Å². The largest absolute Gasteiger partial charge is 0.436 e. The fourth-order valence-electron chi connectivity index (χ4n) is 10.1. The Morgan fingerprint density at radius 1 is 0.286 bits per heavy atom. The number of hydrogen-bond acceptors (Lipinski definition) is 3. The number of benzene rings is 12. The molecule has 0 saturated heterocycles. The van der Waals surface area contributed by atoms with Crippen molar-refractivity contribution in [2.45, 2.75) is 0 Å². The minimum Gasteiger partial charge on any atom is -0.436 e. The third kappa shape index (κ3) is 7.56. The lowest BCUT2D eigenvalue weighted by Crippen LogP contribution is -2.11. The molecule has 0 fully saturated rings. The molecule has 0 aliphatic heterocycles. The maximum atomic E-state index is 6.31. The standard InChI is InChI=1S/C67H44N2O/c1-3-12-45(13-4-1)47-26-30-53(31-27-47)67-68-66-61-40-36-56(43-58(61)37-41-65(66)70-67)48-22-24-49(25-23-48)57-33-29-52-18-11-21-64(62(52)44-57)69(63-20-10-9-19-60(63)51-15-5-2-6-16-51)59-38-34-50(35-39-59)55-32-28-46-14-7-8-17-54(46)42-55/h1-44H. The van der Waals surface area contributed by atoms with E-state index in [0.717, 1.165) is 72.3 Å². The Bertz CT molecular complexity index is 4030. The summed E-state index contributed by atoms with van der Waals surface area (Å²) >= 11 is 0. The molecular formula is C67H44N2O. The van der Waals surface area contributed by atoms with E-state index >= 15 is 0 Å². The molecule has 0 N–H and O–H groups in total. The molecule has 13 rings (SSSR count). The maximum Gasteiger partial charge on any atom is 0.227 e. The summed E-state index contributed by atoms with van der Waals surface area (Å²) in [6.45, 7) is 0. The van der Waals surface area contributed by atoms with E-state index in [1.54, 1.807) is 0 Å². The van der Waals surface area contributed by atoms with Gasteiger partial charge in [-0.1, -0.05) is 206 Å². The first-order valence-corrected chi connectivity index (χ1v) is 23.8. The zero-order valence-corrected chi connectivity index (χ0v) is 38.2. The third-order valence-electron chi connectivity index (χ3n) is 13.7. The second kappa shape index (κ2) is 17.4. The van der Waals surface area contributed by atoms with Gasteiger partial charge >= 0.3 is 0 Å². The summed E-state index contributed by atoms with van der Waals surface area (Å²) in [5.41, 5.74) is 17.6. The van der Waals surface area contributed by atoms with E-state index in [9.17, 15) is 0 Å². The molecule has 0 aliphatic rings. The molecule has 328 valence electrons. The molecule has 1 heterocycles. The van der Waals surface area contributed by atoms with Crippen molar-refractivity contribution in [1.82, 2.24) is 4.98 Å². The Labute approximate surface area is 406 Å². The molecule has 70 heavy (non-hydrogen) atoms. The van der Waals surface area contributed by atoms with Crippen LogP contribution >= 0.6 is 0 Å². The van der Waals surface area contributed by atoms with E-state index < -0.39 is 0 Å². The summed E-state index contributed by atoms with van der Waals surface area (Å²) in [4.78, 5) is 7.43. The number of anilines is 3. The van der Waals surface area contributed by atoms with Gasteiger partial charge in [0.2, 0.25) is 5.89 Å². The molecule has 0 amide bonds.